The van der Waals surface area contributed by atoms with E-state index in [1.54, 1.807) is 12.1 Å². The standard InChI is InChI=1S/C12H15Cl2NO/c13-9-4-5-10(14)8(6-9)7-15-11-2-1-3-12(11)16/h4-6,11-12,15-16H,1-3,7H2. The van der Waals surface area contributed by atoms with E-state index < -0.39 is 0 Å². The molecule has 2 N–H and O–H groups in total. The summed E-state index contributed by atoms with van der Waals surface area (Å²) >= 11 is 12.0. The number of hydrogen-bond acceptors (Lipinski definition) is 2. The second kappa shape index (κ2) is 5.37. The quantitative estimate of drug-likeness (QED) is 0.875. The van der Waals surface area contributed by atoms with E-state index in [4.69, 9.17) is 23.2 Å². The number of halogens is 2. The number of aliphatic hydroxyl groups excluding tert-OH is 1. The summed E-state index contributed by atoms with van der Waals surface area (Å²) in [5.41, 5.74) is 0.980. The number of aliphatic hydroxyl groups is 1. The molecule has 4 heteroatoms. The fourth-order valence-electron chi connectivity index (χ4n) is 2.10. The van der Waals surface area contributed by atoms with Crippen molar-refractivity contribution in [2.45, 2.75) is 38.0 Å². The van der Waals surface area contributed by atoms with Gasteiger partial charge in [0, 0.05) is 22.6 Å². The Hall–Kier alpha value is -0.280. The molecule has 1 aromatic carbocycles. The summed E-state index contributed by atoms with van der Waals surface area (Å²) in [5.74, 6) is 0. The summed E-state index contributed by atoms with van der Waals surface area (Å²) in [4.78, 5) is 0. The zero-order valence-corrected chi connectivity index (χ0v) is 10.4. The lowest BCUT2D eigenvalue weighted by molar-refractivity contribution is 0.148. The van der Waals surface area contributed by atoms with Crippen molar-refractivity contribution < 1.29 is 5.11 Å². The SMILES string of the molecule is OC1CCCC1NCc1cc(Cl)ccc1Cl. The van der Waals surface area contributed by atoms with E-state index in [-0.39, 0.29) is 12.1 Å². The third-order valence-corrected chi connectivity index (χ3v) is 3.65. The first kappa shape index (κ1) is 12.2. The molecule has 0 aromatic heterocycles. The molecule has 0 radical (unpaired) electrons. The van der Waals surface area contributed by atoms with Gasteiger partial charge in [0.2, 0.25) is 0 Å². The van der Waals surface area contributed by atoms with Crippen molar-refractivity contribution in [2.75, 3.05) is 0 Å². The summed E-state index contributed by atoms with van der Waals surface area (Å²) in [7, 11) is 0. The topological polar surface area (TPSA) is 32.3 Å². The Morgan fingerprint density at radius 1 is 1.31 bits per heavy atom. The highest BCUT2D eigenvalue weighted by Gasteiger charge is 2.24. The van der Waals surface area contributed by atoms with Crippen LogP contribution >= 0.6 is 23.2 Å². The number of hydrogen-bond donors (Lipinski definition) is 2. The first-order valence-electron chi connectivity index (χ1n) is 5.52. The van der Waals surface area contributed by atoms with Gasteiger partial charge in [-0.05, 0) is 43.0 Å². The maximum atomic E-state index is 9.67. The maximum absolute atomic E-state index is 9.67. The molecule has 2 rings (SSSR count). The Morgan fingerprint density at radius 3 is 2.81 bits per heavy atom. The lowest BCUT2D eigenvalue weighted by atomic mass is 10.1. The van der Waals surface area contributed by atoms with Gasteiger partial charge in [0.25, 0.3) is 0 Å². The van der Waals surface area contributed by atoms with Crippen LogP contribution in [0.3, 0.4) is 0 Å². The predicted octanol–water partition coefficient (Wildman–Crippen LogP) is 3.00. The summed E-state index contributed by atoms with van der Waals surface area (Å²) in [6, 6.07) is 5.62. The molecule has 2 unspecified atom stereocenters. The van der Waals surface area contributed by atoms with Crippen LogP contribution in [0, 0.1) is 0 Å². The van der Waals surface area contributed by atoms with Crippen LogP contribution in [0.1, 0.15) is 24.8 Å². The minimum Gasteiger partial charge on any atom is -0.392 e. The van der Waals surface area contributed by atoms with E-state index >= 15 is 0 Å². The van der Waals surface area contributed by atoms with Crippen LogP contribution in [0.2, 0.25) is 10.0 Å². The average Bonchev–Trinajstić information content (AvgIpc) is 2.66. The third kappa shape index (κ3) is 2.89. The summed E-state index contributed by atoms with van der Waals surface area (Å²) in [6.45, 7) is 0.654. The van der Waals surface area contributed by atoms with E-state index in [2.05, 4.69) is 5.32 Å². The molecule has 0 heterocycles. The van der Waals surface area contributed by atoms with E-state index in [9.17, 15) is 5.11 Å². The van der Waals surface area contributed by atoms with Gasteiger partial charge in [-0.3, -0.25) is 0 Å². The van der Waals surface area contributed by atoms with Crippen molar-refractivity contribution in [3.63, 3.8) is 0 Å². The second-order valence-electron chi connectivity index (χ2n) is 4.22. The summed E-state index contributed by atoms with van der Waals surface area (Å²) < 4.78 is 0. The number of rotatable bonds is 3. The second-order valence-corrected chi connectivity index (χ2v) is 5.07. The van der Waals surface area contributed by atoms with Crippen LogP contribution < -0.4 is 5.32 Å². The van der Waals surface area contributed by atoms with Crippen LogP contribution in [-0.2, 0) is 6.54 Å². The van der Waals surface area contributed by atoms with Crippen molar-refractivity contribution >= 4 is 23.2 Å². The van der Waals surface area contributed by atoms with Crippen LogP contribution in [0.25, 0.3) is 0 Å². The van der Waals surface area contributed by atoms with Crippen LogP contribution in [0.15, 0.2) is 18.2 Å². The predicted molar refractivity (Wildman–Crippen MR) is 66.9 cm³/mol. The lowest BCUT2D eigenvalue weighted by Crippen LogP contribution is -2.35. The minimum absolute atomic E-state index is 0.190. The highest BCUT2D eigenvalue weighted by atomic mass is 35.5. The Balaban J connectivity index is 1.96. The molecule has 0 spiro atoms. The monoisotopic (exact) mass is 259 g/mol. The van der Waals surface area contributed by atoms with Crippen molar-refractivity contribution in [3.8, 4) is 0 Å². The molecular weight excluding hydrogens is 245 g/mol. The van der Waals surface area contributed by atoms with Crippen molar-refractivity contribution in [1.29, 1.82) is 0 Å². The third-order valence-electron chi connectivity index (χ3n) is 3.04. The number of benzene rings is 1. The van der Waals surface area contributed by atoms with Crippen LogP contribution in [0.5, 0.6) is 0 Å². The van der Waals surface area contributed by atoms with Crippen molar-refractivity contribution in [1.82, 2.24) is 5.32 Å². The summed E-state index contributed by atoms with van der Waals surface area (Å²) in [6.07, 6.45) is 2.78. The highest BCUT2D eigenvalue weighted by Crippen LogP contribution is 2.23. The average molecular weight is 260 g/mol. The minimum atomic E-state index is -0.224. The molecule has 1 aliphatic rings. The molecule has 2 atom stereocenters. The molecule has 1 fully saturated rings. The summed E-state index contributed by atoms with van der Waals surface area (Å²) in [5, 5.41) is 14.4. The van der Waals surface area contributed by atoms with Crippen LogP contribution in [0.4, 0.5) is 0 Å². The van der Waals surface area contributed by atoms with E-state index in [1.807, 2.05) is 6.07 Å². The van der Waals surface area contributed by atoms with Crippen LogP contribution in [-0.4, -0.2) is 17.3 Å². The molecule has 1 saturated carbocycles. The van der Waals surface area contributed by atoms with E-state index in [1.165, 1.54) is 0 Å². The highest BCUT2D eigenvalue weighted by molar-refractivity contribution is 6.33. The maximum Gasteiger partial charge on any atom is 0.0693 e. The molecule has 16 heavy (non-hydrogen) atoms. The Bertz CT molecular complexity index is 370. The van der Waals surface area contributed by atoms with E-state index in [0.717, 1.165) is 24.8 Å². The zero-order valence-electron chi connectivity index (χ0n) is 8.92. The van der Waals surface area contributed by atoms with Gasteiger partial charge >= 0.3 is 0 Å². The largest absolute Gasteiger partial charge is 0.392 e. The van der Waals surface area contributed by atoms with Crippen molar-refractivity contribution in [3.05, 3.63) is 33.8 Å². The molecule has 0 aliphatic heterocycles. The van der Waals surface area contributed by atoms with Gasteiger partial charge in [-0.25, -0.2) is 0 Å². The molecule has 88 valence electrons. The normalized spacial score (nSPS) is 24.9. The Labute approximate surface area is 106 Å². The molecule has 1 aromatic rings. The number of nitrogens with one attached hydrogen (secondary N) is 1. The molecule has 0 saturated heterocycles. The fourth-order valence-corrected chi connectivity index (χ4v) is 2.48. The smallest absolute Gasteiger partial charge is 0.0693 e. The van der Waals surface area contributed by atoms with Gasteiger partial charge in [0.1, 0.15) is 0 Å². The first-order valence-corrected chi connectivity index (χ1v) is 6.28. The fraction of sp³-hybridized carbons (Fsp3) is 0.500. The Morgan fingerprint density at radius 2 is 2.12 bits per heavy atom. The molecule has 0 bridgehead atoms. The lowest BCUT2D eigenvalue weighted by Gasteiger charge is -2.16. The van der Waals surface area contributed by atoms with Gasteiger partial charge in [-0.15, -0.1) is 0 Å². The molecule has 0 amide bonds. The molecular formula is C12H15Cl2NO. The Kier molecular flexibility index (Phi) is 4.09. The molecule has 1 aliphatic carbocycles. The molecule has 2 nitrogen and oxygen atoms in total. The van der Waals surface area contributed by atoms with Gasteiger partial charge in [0.05, 0.1) is 6.10 Å². The van der Waals surface area contributed by atoms with Gasteiger partial charge in [-0.2, -0.15) is 0 Å². The van der Waals surface area contributed by atoms with Gasteiger partial charge in [0.15, 0.2) is 0 Å². The first-order chi connectivity index (χ1) is 7.66. The van der Waals surface area contributed by atoms with E-state index in [0.29, 0.717) is 16.6 Å². The van der Waals surface area contributed by atoms with Gasteiger partial charge in [-0.1, -0.05) is 23.2 Å². The van der Waals surface area contributed by atoms with Crippen molar-refractivity contribution in [2.24, 2.45) is 0 Å². The van der Waals surface area contributed by atoms with Gasteiger partial charge < -0.3 is 10.4 Å². The zero-order chi connectivity index (χ0) is 11.5.